The molecule has 0 aromatic heterocycles. The van der Waals surface area contributed by atoms with E-state index in [0.29, 0.717) is 43.7 Å². The number of halogens is 6. The van der Waals surface area contributed by atoms with Crippen LogP contribution >= 0.6 is 0 Å². The maximum Gasteiger partial charge on any atom is 0.490 e. The zero-order chi connectivity index (χ0) is 29.0. The number of carboxylic acids is 1. The standard InChI is InChI=1S/C23H25F3N4O2.C2HF3O2/c1-15(28-21(31)16-2-4-17(24)5-3-16)13-29-10-8-23(9-11-29)22(32)27-14-30(23)18-6-7-19(25)20(26)12-18;3-2(4,5)1(6)7/h2-7,12,15H,8-11,13-14H2,1H3,(H,27,32)(H,28,31);(H,6,7)/t15-;/m0./s1. The minimum atomic E-state index is -5.08. The van der Waals surface area contributed by atoms with E-state index in [2.05, 4.69) is 15.5 Å². The third kappa shape index (κ3) is 7.19. The van der Waals surface area contributed by atoms with E-state index >= 15 is 0 Å². The second-order valence-corrected chi connectivity index (χ2v) is 9.21. The van der Waals surface area contributed by atoms with Crippen molar-refractivity contribution in [3.8, 4) is 0 Å². The number of alkyl halides is 3. The lowest BCUT2D eigenvalue weighted by Crippen LogP contribution is -2.57. The summed E-state index contributed by atoms with van der Waals surface area (Å²) < 4.78 is 71.9. The summed E-state index contributed by atoms with van der Waals surface area (Å²) in [6.45, 7) is 3.96. The zero-order valence-electron chi connectivity index (χ0n) is 20.7. The number of nitrogens with zero attached hydrogens (tertiary/aromatic N) is 2. The van der Waals surface area contributed by atoms with E-state index in [-0.39, 0.29) is 24.5 Å². The lowest BCUT2D eigenvalue weighted by Gasteiger charge is -2.43. The fourth-order valence-corrected chi connectivity index (χ4v) is 4.52. The summed E-state index contributed by atoms with van der Waals surface area (Å²) in [5.74, 6) is -5.41. The average molecular weight is 560 g/mol. The topological polar surface area (TPSA) is 102 Å². The second-order valence-electron chi connectivity index (χ2n) is 9.21. The summed E-state index contributed by atoms with van der Waals surface area (Å²) in [6.07, 6.45) is -4.03. The Balaban J connectivity index is 0.000000532. The monoisotopic (exact) mass is 560 g/mol. The van der Waals surface area contributed by atoms with Gasteiger partial charge in [0.15, 0.2) is 11.6 Å². The van der Waals surface area contributed by atoms with E-state index in [1.54, 1.807) is 0 Å². The van der Waals surface area contributed by atoms with Crippen LogP contribution in [0, 0.1) is 17.5 Å². The summed E-state index contributed by atoms with van der Waals surface area (Å²) in [5.41, 5.74) is 0.0535. The molecule has 0 radical (unpaired) electrons. The van der Waals surface area contributed by atoms with Crippen molar-refractivity contribution in [2.75, 3.05) is 31.2 Å². The number of amides is 2. The van der Waals surface area contributed by atoms with E-state index in [4.69, 9.17) is 9.90 Å². The summed E-state index contributed by atoms with van der Waals surface area (Å²) in [6, 6.07) is 8.89. The molecule has 0 aliphatic carbocycles. The van der Waals surface area contributed by atoms with Crippen LogP contribution in [0.3, 0.4) is 0 Å². The van der Waals surface area contributed by atoms with Crippen LogP contribution in [-0.4, -0.2) is 71.9 Å². The molecule has 8 nitrogen and oxygen atoms in total. The van der Waals surface area contributed by atoms with Crippen LogP contribution < -0.4 is 15.5 Å². The van der Waals surface area contributed by atoms with Crippen LogP contribution in [0.4, 0.5) is 32.0 Å². The maximum absolute atomic E-state index is 13.8. The lowest BCUT2D eigenvalue weighted by atomic mass is 9.85. The Kier molecular flexibility index (Phi) is 9.10. The molecule has 2 aromatic rings. The predicted octanol–water partition coefficient (Wildman–Crippen LogP) is 3.28. The number of likely N-dealkylation sites (tertiary alicyclic amines) is 1. The minimum absolute atomic E-state index is 0.112. The molecule has 0 saturated carbocycles. The van der Waals surface area contributed by atoms with Crippen molar-refractivity contribution in [3.05, 3.63) is 65.5 Å². The third-order valence-electron chi connectivity index (χ3n) is 6.49. The van der Waals surface area contributed by atoms with Crippen molar-refractivity contribution in [3.63, 3.8) is 0 Å². The van der Waals surface area contributed by atoms with Crippen LogP contribution in [0.5, 0.6) is 0 Å². The first-order valence-corrected chi connectivity index (χ1v) is 11.8. The summed E-state index contributed by atoms with van der Waals surface area (Å²) in [4.78, 5) is 37.9. The molecule has 212 valence electrons. The first-order valence-electron chi connectivity index (χ1n) is 11.8. The quantitative estimate of drug-likeness (QED) is 0.486. The van der Waals surface area contributed by atoms with Crippen molar-refractivity contribution in [2.24, 2.45) is 0 Å². The second kappa shape index (κ2) is 11.9. The van der Waals surface area contributed by atoms with Gasteiger partial charge in [0.05, 0.1) is 6.67 Å². The number of rotatable bonds is 5. The number of hydrogen-bond donors (Lipinski definition) is 3. The molecule has 2 heterocycles. The van der Waals surface area contributed by atoms with Gasteiger partial charge in [-0.15, -0.1) is 0 Å². The van der Waals surface area contributed by atoms with Crippen LogP contribution in [-0.2, 0) is 9.59 Å². The molecule has 4 rings (SSSR count). The molecule has 2 aliphatic heterocycles. The van der Waals surface area contributed by atoms with Gasteiger partial charge in [-0.05, 0) is 56.2 Å². The third-order valence-corrected chi connectivity index (χ3v) is 6.49. The number of piperidine rings is 1. The molecule has 3 N–H and O–H groups in total. The van der Waals surface area contributed by atoms with Crippen molar-refractivity contribution in [1.82, 2.24) is 15.5 Å². The first kappa shape index (κ1) is 29.7. The summed E-state index contributed by atoms with van der Waals surface area (Å²) in [7, 11) is 0. The molecule has 39 heavy (non-hydrogen) atoms. The van der Waals surface area contributed by atoms with Gasteiger partial charge >= 0.3 is 12.1 Å². The van der Waals surface area contributed by atoms with Crippen LogP contribution in [0.25, 0.3) is 0 Å². The number of carbonyl (C=O) groups is 3. The molecule has 2 fully saturated rings. The highest BCUT2D eigenvalue weighted by atomic mass is 19.4. The Morgan fingerprint density at radius 2 is 1.64 bits per heavy atom. The van der Waals surface area contributed by atoms with E-state index in [0.717, 1.165) is 12.1 Å². The number of benzene rings is 2. The molecular weight excluding hydrogens is 534 g/mol. The Bertz CT molecular complexity index is 1200. The number of carbonyl (C=O) groups excluding carboxylic acids is 2. The number of nitrogens with one attached hydrogen (secondary N) is 2. The van der Waals surface area contributed by atoms with Crippen molar-refractivity contribution >= 4 is 23.5 Å². The van der Waals surface area contributed by atoms with Gasteiger partial charge < -0.3 is 25.5 Å². The SMILES string of the molecule is C[C@@H](CN1CCC2(CC1)C(=O)NCN2c1ccc(F)c(F)c1)NC(=O)c1ccc(F)cc1.O=C(O)C(F)(F)F. The fraction of sp³-hybridized carbons (Fsp3) is 0.400. The summed E-state index contributed by atoms with van der Waals surface area (Å²) >= 11 is 0. The molecule has 1 atom stereocenters. The van der Waals surface area contributed by atoms with E-state index in [9.17, 15) is 35.9 Å². The van der Waals surface area contributed by atoms with E-state index in [1.165, 1.54) is 30.3 Å². The lowest BCUT2D eigenvalue weighted by molar-refractivity contribution is -0.192. The van der Waals surface area contributed by atoms with Gasteiger partial charge in [0.25, 0.3) is 5.91 Å². The molecule has 14 heteroatoms. The average Bonchev–Trinajstić information content (AvgIpc) is 3.17. The largest absolute Gasteiger partial charge is 0.490 e. The van der Waals surface area contributed by atoms with Crippen molar-refractivity contribution in [1.29, 1.82) is 0 Å². The van der Waals surface area contributed by atoms with Gasteiger partial charge in [-0.3, -0.25) is 9.59 Å². The molecule has 2 aromatic carbocycles. The summed E-state index contributed by atoms with van der Waals surface area (Å²) in [5, 5.41) is 12.9. The molecule has 1 spiro atoms. The molecule has 2 saturated heterocycles. The van der Waals surface area contributed by atoms with E-state index < -0.39 is 35.1 Å². The fourth-order valence-electron chi connectivity index (χ4n) is 4.52. The Morgan fingerprint density at radius 1 is 1.05 bits per heavy atom. The van der Waals surface area contributed by atoms with Crippen LogP contribution in [0.2, 0.25) is 0 Å². The first-order chi connectivity index (χ1) is 18.2. The molecular formula is C25H26F6N4O4. The van der Waals surface area contributed by atoms with Crippen molar-refractivity contribution in [2.45, 2.75) is 37.5 Å². The van der Waals surface area contributed by atoms with Gasteiger partial charge in [-0.25, -0.2) is 18.0 Å². The normalized spacial score (nSPS) is 17.7. The number of anilines is 1. The highest BCUT2D eigenvalue weighted by Crippen LogP contribution is 2.36. The van der Waals surface area contributed by atoms with Crippen LogP contribution in [0.1, 0.15) is 30.1 Å². The molecule has 2 aliphatic rings. The Hall–Kier alpha value is -3.81. The highest BCUT2D eigenvalue weighted by Gasteiger charge is 2.50. The predicted molar refractivity (Wildman–Crippen MR) is 127 cm³/mol. The number of hydrogen-bond acceptors (Lipinski definition) is 5. The van der Waals surface area contributed by atoms with Gasteiger partial charge in [0, 0.05) is 43.0 Å². The Labute approximate surface area is 219 Å². The Morgan fingerprint density at radius 3 is 2.18 bits per heavy atom. The molecule has 0 bridgehead atoms. The van der Waals surface area contributed by atoms with Gasteiger partial charge in [-0.1, -0.05) is 0 Å². The molecule has 0 unspecified atom stereocenters. The van der Waals surface area contributed by atoms with Crippen LogP contribution in [0.15, 0.2) is 42.5 Å². The van der Waals surface area contributed by atoms with Gasteiger partial charge in [0.1, 0.15) is 11.4 Å². The van der Waals surface area contributed by atoms with Crippen molar-refractivity contribution < 1.29 is 45.8 Å². The number of carboxylic acid groups (broad SMARTS) is 1. The number of aliphatic carboxylic acids is 1. The molecule has 2 amide bonds. The smallest absolute Gasteiger partial charge is 0.475 e. The van der Waals surface area contributed by atoms with E-state index in [1.807, 2.05) is 11.8 Å². The maximum atomic E-state index is 13.8. The van der Waals surface area contributed by atoms with Gasteiger partial charge in [0.2, 0.25) is 5.91 Å². The van der Waals surface area contributed by atoms with Gasteiger partial charge in [-0.2, -0.15) is 13.2 Å². The zero-order valence-corrected chi connectivity index (χ0v) is 20.7. The highest BCUT2D eigenvalue weighted by molar-refractivity contribution is 5.94. The minimum Gasteiger partial charge on any atom is -0.475 e.